The number of hydrogen-bond acceptors (Lipinski definition) is 2. The van der Waals surface area contributed by atoms with E-state index in [-0.39, 0.29) is 5.91 Å². The van der Waals surface area contributed by atoms with E-state index in [4.69, 9.17) is 0 Å². The highest BCUT2D eigenvalue weighted by Gasteiger charge is 2.09. The third-order valence-corrected chi connectivity index (χ3v) is 2.01. The fourth-order valence-electron chi connectivity index (χ4n) is 1.29. The molecule has 0 aliphatic carbocycles. The van der Waals surface area contributed by atoms with Crippen LogP contribution in [0.25, 0.3) is 0 Å². The van der Waals surface area contributed by atoms with Crippen LogP contribution in [-0.4, -0.2) is 49.4 Å². The Morgan fingerprint density at radius 3 is 2.33 bits per heavy atom. The largest absolute Gasteiger partial charge is 0.339 e. The first kappa shape index (κ1) is 14.2. The first-order valence-electron chi connectivity index (χ1n) is 5.57. The summed E-state index contributed by atoms with van der Waals surface area (Å²) in [5.74, 6) is 0.643. The van der Waals surface area contributed by atoms with Crippen molar-refractivity contribution in [1.82, 2.24) is 9.80 Å². The zero-order valence-corrected chi connectivity index (χ0v) is 10.7. The molecule has 0 aliphatic rings. The molecule has 0 saturated heterocycles. The van der Waals surface area contributed by atoms with Gasteiger partial charge in [0.25, 0.3) is 0 Å². The third-order valence-electron chi connectivity index (χ3n) is 2.01. The quantitative estimate of drug-likeness (QED) is 0.625. The van der Waals surface area contributed by atoms with Gasteiger partial charge in [0.15, 0.2) is 0 Å². The van der Waals surface area contributed by atoms with Crippen molar-refractivity contribution in [2.75, 3.05) is 33.7 Å². The van der Waals surface area contributed by atoms with Gasteiger partial charge in [-0.15, -0.1) is 0 Å². The van der Waals surface area contributed by atoms with Gasteiger partial charge in [0, 0.05) is 25.7 Å². The Morgan fingerprint density at radius 2 is 1.93 bits per heavy atom. The van der Waals surface area contributed by atoms with E-state index < -0.39 is 0 Å². The Morgan fingerprint density at radius 1 is 1.33 bits per heavy atom. The van der Waals surface area contributed by atoms with Crippen LogP contribution in [0, 0.1) is 5.92 Å². The molecule has 3 nitrogen and oxygen atoms in total. The molecule has 1 amide bonds. The molecule has 0 heterocycles. The van der Waals surface area contributed by atoms with Gasteiger partial charge in [0.1, 0.15) is 0 Å². The summed E-state index contributed by atoms with van der Waals surface area (Å²) >= 11 is 0. The maximum absolute atomic E-state index is 11.7. The van der Waals surface area contributed by atoms with Crippen molar-refractivity contribution >= 4 is 5.91 Å². The van der Waals surface area contributed by atoms with Gasteiger partial charge in [-0.3, -0.25) is 4.79 Å². The van der Waals surface area contributed by atoms with Gasteiger partial charge in [-0.05, 0) is 26.9 Å². The van der Waals surface area contributed by atoms with E-state index >= 15 is 0 Å². The van der Waals surface area contributed by atoms with Crippen molar-refractivity contribution in [3.05, 3.63) is 12.2 Å². The summed E-state index contributed by atoms with van der Waals surface area (Å²) in [5.41, 5.74) is 0. The molecule has 0 radical (unpaired) electrons. The second-order valence-electron chi connectivity index (χ2n) is 4.44. The van der Waals surface area contributed by atoms with Crippen LogP contribution in [0.15, 0.2) is 12.2 Å². The highest BCUT2D eigenvalue weighted by molar-refractivity contribution is 5.87. The number of carbonyl (C=O) groups excluding carboxylic acids is 1. The lowest BCUT2D eigenvalue weighted by atomic mass is 10.2. The Balaban J connectivity index is 4.09. The van der Waals surface area contributed by atoms with Gasteiger partial charge in [-0.25, -0.2) is 0 Å². The van der Waals surface area contributed by atoms with Gasteiger partial charge >= 0.3 is 0 Å². The van der Waals surface area contributed by atoms with E-state index in [2.05, 4.69) is 13.8 Å². The summed E-state index contributed by atoms with van der Waals surface area (Å²) in [7, 11) is 3.97. The van der Waals surface area contributed by atoms with Gasteiger partial charge < -0.3 is 9.80 Å². The van der Waals surface area contributed by atoms with Crippen LogP contribution in [0.3, 0.4) is 0 Å². The molecule has 0 rings (SSSR count). The molecule has 0 aromatic heterocycles. The van der Waals surface area contributed by atoms with Crippen LogP contribution in [0.1, 0.15) is 20.8 Å². The van der Waals surface area contributed by atoms with Crippen molar-refractivity contribution in [2.24, 2.45) is 5.92 Å². The van der Waals surface area contributed by atoms with Crippen LogP contribution in [0.5, 0.6) is 0 Å². The number of carbonyl (C=O) groups is 1. The van der Waals surface area contributed by atoms with Crippen LogP contribution in [0.4, 0.5) is 0 Å². The monoisotopic (exact) mass is 212 g/mol. The number of amides is 1. The third kappa shape index (κ3) is 7.14. The molecule has 0 bridgehead atoms. The molecular weight excluding hydrogens is 188 g/mol. The number of rotatable bonds is 6. The molecule has 0 atom stereocenters. The van der Waals surface area contributed by atoms with Crippen LogP contribution >= 0.6 is 0 Å². The zero-order valence-electron chi connectivity index (χ0n) is 10.7. The van der Waals surface area contributed by atoms with E-state index in [1.165, 1.54) is 0 Å². The maximum Gasteiger partial charge on any atom is 0.246 e. The number of hydrogen-bond donors (Lipinski definition) is 0. The van der Waals surface area contributed by atoms with Gasteiger partial charge in [-0.1, -0.05) is 19.9 Å². The second kappa shape index (κ2) is 7.46. The molecular formula is C12H24N2O. The molecule has 3 heteroatoms. The first-order chi connectivity index (χ1) is 6.97. The lowest BCUT2D eigenvalue weighted by molar-refractivity contribution is -0.126. The number of likely N-dealkylation sites (N-methyl/N-ethyl adjacent to an activating group) is 2. The van der Waals surface area contributed by atoms with Gasteiger partial charge in [0.05, 0.1) is 0 Å². The predicted octanol–water partition coefficient (Wildman–Crippen LogP) is 1.61. The minimum Gasteiger partial charge on any atom is -0.339 e. The van der Waals surface area contributed by atoms with E-state index in [1.807, 2.05) is 36.9 Å². The van der Waals surface area contributed by atoms with E-state index in [0.29, 0.717) is 5.92 Å². The normalized spacial score (nSPS) is 11.7. The summed E-state index contributed by atoms with van der Waals surface area (Å²) in [4.78, 5) is 15.6. The average molecular weight is 212 g/mol. The topological polar surface area (TPSA) is 23.6 Å². The Bertz CT molecular complexity index is 210. The maximum atomic E-state index is 11.7. The standard InChI is InChI=1S/C12H24N2O/c1-6-14(10-11(2)3)12(15)8-7-9-13(4)5/h7-8,11H,6,9-10H2,1-5H3/b8-7+. The van der Waals surface area contributed by atoms with E-state index in [9.17, 15) is 4.79 Å². The smallest absolute Gasteiger partial charge is 0.246 e. The summed E-state index contributed by atoms with van der Waals surface area (Å²) in [6, 6.07) is 0. The van der Waals surface area contributed by atoms with Crippen molar-refractivity contribution in [3.63, 3.8) is 0 Å². The van der Waals surface area contributed by atoms with Crippen molar-refractivity contribution < 1.29 is 4.79 Å². The molecule has 15 heavy (non-hydrogen) atoms. The molecule has 0 spiro atoms. The van der Waals surface area contributed by atoms with Crippen molar-refractivity contribution in [1.29, 1.82) is 0 Å². The highest BCUT2D eigenvalue weighted by atomic mass is 16.2. The van der Waals surface area contributed by atoms with Crippen molar-refractivity contribution in [3.8, 4) is 0 Å². The summed E-state index contributed by atoms with van der Waals surface area (Å²) in [6.07, 6.45) is 3.58. The lowest BCUT2D eigenvalue weighted by Crippen LogP contribution is -2.32. The van der Waals surface area contributed by atoms with E-state index in [1.54, 1.807) is 6.08 Å². The summed E-state index contributed by atoms with van der Waals surface area (Å²) in [6.45, 7) is 8.69. The highest BCUT2D eigenvalue weighted by Crippen LogP contribution is 1.99. The van der Waals surface area contributed by atoms with Crippen LogP contribution in [0.2, 0.25) is 0 Å². The van der Waals surface area contributed by atoms with Crippen LogP contribution in [-0.2, 0) is 4.79 Å². The molecule has 88 valence electrons. The molecule has 0 fully saturated rings. The fraction of sp³-hybridized carbons (Fsp3) is 0.750. The molecule has 0 N–H and O–H groups in total. The second-order valence-corrected chi connectivity index (χ2v) is 4.44. The molecule has 0 saturated carbocycles. The number of nitrogens with zero attached hydrogens (tertiary/aromatic N) is 2. The van der Waals surface area contributed by atoms with Crippen LogP contribution < -0.4 is 0 Å². The molecule has 0 aliphatic heterocycles. The zero-order chi connectivity index (χ0) is 11.8. The predicted molar refractivity (Wildman–Crippen MR) is 64.8 cm³/mol. The Labute approximate surface area is 93.7 Å². The Hall–Kier alpha value is -0.830. The van der Waals surface area contributed by atoms with Crippen molar-refractivity contribution in [2.45, 2.75) is 20.8 Å². The molecule has 0 aromatic carbocycles. The van der Waals surface area contributed by atoms with Gasteiger partial charge in [-0.2, -0.15) is 0 Å². The summed E-state index contributed by atoms with van der Waals surface area (Å²) in [5, 5.41) is 0. The minimum atomic E-state index is 0.119. The van der Waals surface area contributed by atoms with Gasteiger partial charge in [0.2, 0.25) is 5.91 Å². The van der Waals surface area contributed by atoms with E-state index in [0.717, 1.165) is 19.6 Å². The average Bonchev–Trinajstić information content (AvgIpc) is 2.13. The minimum absolute atomic E-state index is 0.119. The molecule has 0 unspecified atom stereocenters. The summed E-state index contributed by atoms with van der Waals surface area (Å²) < 4.78 is 0. The first-order valence-corrected chi connectivity index (χ1v) is 5.57. The molecule has 0 aromatic rings. The fourth-order valence-corrected chi connectivity index (χ4v) is 1.29. The Kier molecular flexibility index (Phi) is 7.05. The SMILES string of the molecule is CCN(CC(C)C)C(=O)/C=C/CN(C)C. The lowest BCUT2D eigenvalue weighted by Gasteiger charge is -2.21.